The van der Waals surface area contributed by atoms with Gasteiger partial charge >= 0.3 is 24.5 Å². The Morgan fingerprint density at radius 1 is 1.00 bits per heavy atom. The van der Waals surface area contributed by atoms with E-state index in [1.54, 1.807) is 0 Å². The smallest absolute Gasteiger partial charge is 0.440 e. The van der Waals surface area contributed by atoms with Crippen molar-refractivity contribution in [2.24, 2.45) is 0 Å². The SMILES string of the molecule is CO[Si](OC)(OC)[Si](O)(O[Si](C)(C)O[SiH](C)C)[Si]O. The van der Waals surface area contributed by atoms with Gasteiger partial charge in [0.25, 0.3) is 9.28 Å². The molecule has 0 bridgehead atoms. The molecule has 0 aliphatic rings. The third kappa shape index (κ3) is 4.93. The van der Waals surface area contributed by atoms with Gasteiger partial charge in [-0.05, 0) is 26.2 Å². The molecule has 0 fully saturated rings. The molecule has 7 nitrogen and oxygen atoms in total. The molecule has 0 heterocycles. The Labute approximate surface area is 121 Å². The number of hydrogen-bond acceptors (Lipinski definition) is 7. The van der Waals surface area contributed by atoms with Gasteiger partial charge in [0.05, 0.1) is 0 Å². The fourth-order valence-corrected chi connectivity index (χ4v) is 24.8. The molecule has 0 aliphatic heterocycles. The molecule has 0 aromatic rings. The van der Waals surface area contributed by atoms with Gasteiger partial charge in [0.1, 0.15) is 0 Å². The van der Waals surface area contributed by atoms with Crippen LogP contribution >= 0.6 is 0 Å². The average molecular weight is 361 g/mol. The first kappa shape index (κ1) is 19.8. The summed E-state index contributed by atoms with van der Waals surface area (Å²) in [6, 6.07) is 0. The summed E-state index contributed by atoms with van der Waals surface area (Å²) < 4.78 is 27.4. The van der Waals surface area contributed by atoms with E-state index < -0.39 is 42.8 Å². The van der Waals surface area contributed by atoms with Crippen LogP contribution in [0.4, 0.5) is 0 Å². The van der Waals surface area contributed by atoms with Crippen LogP contribution in [0.15, 0.2) is 0 Å². The maximum absolute atomic E-state index is 10.7. The minimum atomic E-state index is -3.69. The van der Waals surface area contributed by atoms with E-state index in [1.807, 2.05) is 26.2 Å². The summed E-state index contributed by atoms with van der Waals surface area (Å²) in [5.74, 6) is 0. The molecule has 1 atom stereocenters. The fraction of sp³-hybridized carbons (Fsp3) is 1.00. The van der Waals surface area contributed by atoms with Crippen LogP contribution in [0.5, 0.6) is 0 Å². The zero-order valence-electron chi connectivity index (χ0n) is 12.5. The van der Waals surface area contributed by atoms with E-state index in [4.69, 9.17) is 21.5 Å². The van der Waals surface area contributed by atoms with Crippen LogP contribution in [-0.4, -0.2) is 73.7 Å². The van der Waals surface area contributed by atoms with Crippen molar-refractivity contribution in [3.63, 3.8) is 0 Å². The Morgan fingerprint density at radius 2 is 1.42 bits per heavy atom. The van der Waals surface area contributed by atoms with Crippen molar-refractivity contribution in [2.75, 3.05) is 21.3 Å². The summed E-state index contributed by atoms with van der Waals surface area (Å²) in [5.41, 5.74) is 0. The van der Waals surface area contributed by atoms with Crippen LogP contribution in [0.25, 0.3) is 0 Å². The first-order valence-electron chi connectivity index (χ1n) is 5.79. The van der Waals surface area contributed by atoms with Crippen LogP contribution in [0.1, 0.15) is 0 Å². The molecule has 0 aromatic carbocycles. The third-order valence-corrected chi connectivity index (χ3v) is 23.2. The van der Waals surface area contributed by atoms with E-state index in [9.17, 15) is 9.59 Å². The highest BCUT2D eigenvalue weighted by Crippen LogP contribution is 2.24. The van der Waals surface area contributed by atoms with Crippen LogP contribution in [0, 0.1) is 0 Å². The van der Waals surface area contributed by atoms with Crippen molar-refractivity contribution in [3.05, 3.63) is 0 Å². The molecular weight excluding hydrogens is 337 g/mol. The molecule has 0 aliphatic carbocycles. The van der Waals surface area contributed by atoms with Crippen molar-refractivity contribution in [1.82, 2.24) is 0 Å². The van der Waals surface area contributed by atoms with Gasteiger partial charge in [-0.1, -0.05) is 0 Å². The lowest BCUT2D eigenvalue weighted by Gasteiger charge is -2.39. The first-order chi connectivity index (χ1) is 8.62. The molecule has 0 saturated carbocycles. The lowest BCUT2D eigenvalue weighted by Crippen LogP contribution is -2.76. The van der Waals surface area contributed by atoms with Gasteiger partial charge in [0.15, 0.2) is 9.04 Å². The fourth-order valence-electron chi connectivity index (χ4n) is 1.77. The Hall–Kier alpha value is 0.804. The quantitative estimate of drug-likeness (QED) is 0.521. The Morgan fingerprint density at radius 3 is 1.68 bits per heavy atom. The average Bonchev–Trinajstić information content (AvgIpc) is 2.29. The van der Waals surface area contributed by atoms with Crippen molar-refractivity contribution >= 4 is 42.8 Å². The maximum Gasteiger partial charge on any atom is 0.535 e. The largest absolute Gasteiger partial charge is 0.535 e. The lowest BCUT2D eigenvalue weighted by molar-refractivity contribution is 0.130. The molecule has 12 heteroatoms. The first-order valence-corrected chi connectivity index (χ1v) is 17.9. The van der Waals surface area contributed by atoms with Crippen molar-refractivity contribution in [2.45, 2.75) is 26.2 Å². The van der Waals surface area contributed by atoms with Gasteiger partial charge in [-0.2, -0.15) is 0 Å². The standard InChI is InChI=1S/C7H24O7Si5/c1-10-19(11-2,12-3)18(9,15-8)14-17(6,7)13-16(4)5/h8-9,16H,1-7H3. The summed E-state index contributed by atoms with van der Waals surface area (Å²) in [7, 11) is -7.68. The Balaban J connectivity index is 5.25. The minimum absolute atomic E-state index is 0.827. The minimum Gasteiger partial charge on any atom is -0.440 e. The van der Waals surface area contributed by atoms with E-state index in [0.717, 1.165) is 0 Å². The summed E-state index contributed by atoms with van der Waals surface area (Å²) in [5, 5.41) is 0. The highest BCUT2D eigenvalue weighted by atomic mass is 29.7. The van der Waals surface area contributed by atoms with E-state index in [1.165, 1.54) is 21.3 Å². The normalized spacial score (nSPS) is 16.7. The predicted molar refractivity (Wildman–Crippen MR) is 81.3 cm³/mol. The molecule has 0 amide bonds. The molecule has 2 radical (unpaired) electrons. The van der Waals surface area contributed by atoms with Crippen LogP contribution < -0.4 is 0 Å². The topological polar surface area (TPSA) is 86.6 Å². The van der Waals surface area contributed by atoms with Crippen LogP contribution in [0.2, 0.25) is 26.2 Å². The highest BCUT2D eigenvalue weighted by molar-refractivity contribution is 7.50. The lowest BCUT2D eigenvalue weighted by atomic mass is 11.8. The maximum atomic E-state index is 10.7. The second-order valence-electron chi connectivity index (χ2n) is 4.59. The summed E-state index contributed by atoms with van der Waals surface area (Å²) in [6.45, 7) is 7.71. The number of rotatable bonds is 9. The molecule has 1 unspecified atom stereocenters. The molecular formula is C7H24O7Si5. The zero-order valence-corrected chi connectivity index (χ0v) is 17.7. The van der Waals surface area contributed by atoms with Gasteiger partial charge in [-0.25, -0.2) is 0 Å². The monoisotopic (exact) mass is 360 g/mol. The van der Waals surface area contributed by atoms with Gasteiger partial charge in [0, 0.05) is 21.3 Å². The second kappa shape index (κ2) is 7.71. The summed E-state index contributed by atoms with van der Waals surface area (Å²) in [4.78, 5) is 20.3. The molecule has 0 rings (SSSR count). The van der Waals surface area contributed by atoms with E-state index in [2.05, 4.69) is 0 Å². The summed E-state index contributed by atoms with van der Waals surface area (Å²) in [6.07, 6.45) is 0. The van der Waals surface area contributed by atoms with E-state index in [0.29, 0.717) is 0 Å². The van der Waals surface area contributed by atoms with E-state index in [-0.39, 0.29) is 0 Å². The van der Waals surface area contributed by atoms with Gasteiger partial charge < -0.3 is 31.1 Å². The zero-order chi connectivity index (χ0) is 15.3. The van der Waals surface area contributed by atoms with E-state index >= 15 is 0 Å². The Kier molecular flexibility index (Phi) is 8.04. The molecule has 19 heavy (non-hydrogen) atoms. The van der Waals surface area contributed by atoms with Crippen molar-refractivity contribution in [1.29, 1.82) is 0 Å². The molecule has 0 spiro atoms. The Bertz CT molecular complexity index is 266. The van der Waals surface area contributed by atoms with Gasteiger partial charge in [0.2, 0.25) is 0 Å². The third-order valence-electron chi connectivity index (χ3n) is 2.29. The van der Waals surface area contributed by atoms with Gasteiger partial charge in [-0.3, -0.25) is 0 Å². The molecule has 0 saturated heterocycles. The van der Waals surface area contributed by atoms with Crippen molar-refractivity contribution < 1.29 is 31.1 Å². The van der Waals surface area contributed by atoms with Crippen molar-refractivity contribution in [3.8, 4) is 0 Å². The van der Waals surface area contributed by atoms with Gasteiger partial charge in [-0.15, -0.1) is 0 Å². The molecule has 2 N–H and O–H groups in total. The second-order valence-corrected chi connectivity index (χ2v) is 23.2. The van der Waals surface area contributed by atoms with Crippen LogP contribution in [-0.2, 0) is 21.5 Å². The molecule has 114 valence electrons. The number of hydrogen-bond donors (Lipinski definition) is 2. The predicted octanol–water partition coefficient (Wildman–Crippen LogP) is -0.796. The molecule has 0 aromatic heterocycles. The summed E-state index contributed by atoms with van der Waals surface area (Å²) >= 11 is 0. The van der Waals surface area contributed by atoms with Crippen LogP contribution in [0.3, 0.4) is 0 Å². The highest BCUT2D eigenvalue weighted by Gasteiger charge is 2.67.